The second-order valence-corrected chi connectivity index (χ2v) is 7.55. The van der Waals surface area contributed by atoms with Gasteiger partial charge < -0.3 is 19.5 Å². The second-order valence-electron chi connectivity index (χ2n) is 5.63. The van der Waals surface area contributed by atoms with Crippen molar-refractivity contribution in [3.05, 3.63) is 23.8 Å². The lowest BCUT2D eigenvalue weighted by atomic mass is 10.2. The van der Waals surface area contributed by atoms with Crippen LogP contribution in [0, 0.1) is 0 Å². The zero-order valence-electron chi connectivity index (χ0n) is 14.4. The summed E-state index contributed by atoms with van der Waals surface area (Å²) in [6.45, 7) is 0.952. The van der Waals surface area contributed by atoms with Gasteiger partial charge in [0.15, 0.2) is 11.5 Å². The minimum Gasteiger partial charge on any atom is -0.493 e. The molecule has 8 nitrogen and oxygen atoms in total. The predicted molar refractivity (Wildman–Crippen MR) is 92.6 cm³/mol. The summed E-state index contributed by atoms with van der Waals surface area (Å²) in [5, 5.41) is 2.59. The summed E-state index contributed by atoms with van der Waals surface area (Å²) in [4.78, 5) is 12.1. The highest BCUT2D eigenvalue weighted by Crippen LogP contribution is 2.27. The molecule has 1 aromatic carbocycles. The molecule has 1 amide bonds. The summed E-state index contributed by atoms with van der Waals surface area (Å²) in [6.07, 6.45) is 1.75. The number of hydrogen-bond acceptors (Lipinski definition) is 6. The van der Waals surface area contributed by atoms with E-state index >= 15 is 0 Å². The average Bonchev–Trinajstić information content (AvgIpc) is 3.12. The highest BCUT2D eigenvalue weighted by molar-refractivity contribution is 7.89. The van der Waals surface area contributed by atoms with Crippen molar-refractivity contribution in [2.75, 3.05) is 39.7 Å². The topological polar surface area (TPSA) is 103 Å². The molecule has 0 unspecified atom stereocenters. The molecule has 1 saturated heterocycles. The van der Waals surface area contributed by atoms with E-state index in [2.05, 4.69) is 10.0 Å². The number of sulfonamides is 1. The van der Waals surface area contributed by atoms with Crippen LogP contribution in [0.15, 0.2) is 18.2 Å². The van der Waals surface area contributed by atoms with Crippen LogP contribution >= 0.6 is 0 Å². The van der Waals surface area contributed by atoms with E-state index in [1.54, 1.807) is 18.2 Å². The number of carbonyl (C=O) groups excluding carboxylic acids is 1. The molecule has 1 heterocycles. The van der Waals surface area contributed by atoms with E-state index in [9.17, 15) is 13.2 Å². The van der Waals surface area contributed by atoms with E-state index in [1.165, 1.54) is 14.2 Å². The summed E-state index contributed by atoms with van der Waals surface area (Å²) in [5.74, 6) is 0.370. The van der Waals surface area contributed by atoms with Gasteiger partial charge in [-0.3, -0.25) is 4.79 Å². The van der Waals surface area contributed by atoms with Crippen molar-refractivity contribution in [3.63, 3.8) is 0 Å². The fourth-order valence-electron chi connectivity index (χ4n) is 2.48. The van der Waals surface area contributed by atoms with Gasteiger partial charge in [-0.2, -0.15) is 0 Å². The van der Waals surface area contributed by atoms with E-state index in [0.29, 0.717) is 23.7 Å². The fourth-order valence-corrected chi connectivity index (χ4v) is 3.43. The van der Waals surface area contributed by atoms with Gasteiger partial charge in [0.25, 0.3) is 5.91 Å². The number of nitrogens with one attached hydrogen (secondary N) is 2. The van der Waals surface area contributed by atoms with Crippen LogP contribution in [-0.2, 0) is 14.8 Å². The van der Waals surface area contributed by atoms with E-state index in [0.717, 1.165) is 12.8 Å². The lowest BCUT2D eigenvalue weighted by molar-refractivity contribution is 0.0955. The van der Waals surface area contributed by atoms with Gasteiger partial charge in [0, 0.05) is 25.3 Å². The highest BCUT2D eigenvalue weighted by atomic mass is 32.2. The molecule has 25 heavy (non-hydrogen) atoms. The molecule has 2 rings (SSSR count). The monoisotopic (exact) mass is 372 g/mol. The van der Waals surface area contributed by atoms with Gasteiger partial charge in [-0.1, -0.05) is 0 Å². The Balaban J connectivity index is 1.81. The largest absolute Gasteiger partial charge is 0.493 e. The van der Waals surface area contributed by atoms with Gasteiger partial charge in [-0.05, 0) is 31.0 Å². The van der Waals surface area contributed by atoms with Crippen molar-refractivity contribution >= 4 is 15.9 Å². The average molecular weight is 372 g/mol. The molecule has 0 spiro atoms. The third-order valence-electron chi connectivity index (χ3n) is 3.86. The van der Waals surface area contributed by atoms with Gasteiger partial charge in [0.2, 0.25) is 10.0 Å². The molecule has 0 aliphatic carbocycles. The molecule has 0 bridgehead atoms. The van der Waals surface area contributed by atoms with Crippen molar-refractivity contribution in [3.8, 4) is 11.5 Å². The zero-order chi connectivity index (χ0) is 18.3. The van der Waals surface area contributed by atoms with Crippen LogP contribution in [0.1, 0.15) is 23.2 Å². The normalized spacial score (nSPS) is 17.3. The van der Waals surface area contributed by atoms with E-state index in [1.807, 2.05) is 0 Å². The van der Waals surface area contributed by atoms with Crippen molar-refractivity contribution in [2.24, 2.45) is 0 Å². The molecule has 0 saturated carbocycles. The first-order valence-electron chi connectivity index (χ1n) is 8.04. The van der Waals surface area contributed by atoms with Crippen molar-refractivity contribution in [1.82, 2.24) is 10.0 Å². The zero-order valence-corrected chi connectivity index (χ0v) is 15.2. The van der Waals surface area contributed by atoms with Gasteiger partial charge >= 0.3 is 0 Å². The fraction of sp³-hybridized carbons (Fsp3) is 0.562. The number of rotatable bonds is 9. The first-order valence-corrected chi connectivity index (χ1v) is 9.69. The maximum Gasteiger partial charge on any atom is 0.251 e. The second kappa shape index (κ2) is 9.02. The van der Waals surface area contributed by atoms with Gasteiger partial charge in [0.1, 0.15) is 0 Å². The number of hydrogen-bond donors (Lipinski definition) is 2. The number of amides is 1. The quantitative estimate of drug-likeness (QED) is 0.656. The van der Waals surface area contributed by atoms with E-state index in [4.69, 9.17) is 14.2 Å². The number of ether oxygens (including phenoxy) is 3. The molecule has 1 aromatic rings. The molecular formula is C16H24N2O6S. The number of benzene rings is 1. The molecule has 1 aliphatic rings. The summed E-state index contributed by atoms with van der Waals surface area (Å²) in [7, 11) is -0.476. The van der Waals surface area contributed by atoms with Gasteiger partial charge in [0.05, 0.1) is 26.1 Å². The Kier molecular flexibility index (Phi) is 7.03. The highest BCUT2D eigenvalue weighted by Gasteiger charge is 2.19. The molecule has 1 atom stereocenters. The summed E-state index contributed by atoms with van der Waals surface area (Å²) < 4.78 is 42.0. The Labute approximate surface area is 147 Å². The Morgan fingerprint density at radius 3 is 2.68 bits per heavy atom. The van der Waals surface area contributed by atoms with Crippen LogP contribution in [0.2, 0.25) is 0 Å². The lowest BCUT2D eigenvalue weighted by Gasteiger charge is -2.12. The van der Waals surface area contributed by atoms with Crippen molar-refractivity contribution < 1.29 is 27.4 Å². The summed E-state index contributed by atoms with van der Waals surface area (Å²) in [6, 6.07) is 4.74. The standard InChI is InChI=1S/C16H24N2O6S/c1-22-14-6-5-12(10-15(14)23-2)16(19)17-7-9-25(20,21)18-11-13-4-3-8-24-13/h5-6,10,13,18H,3-4,7-9,11H2,1-2H3,(H,17,19)/t13-/m0/s1. The molecular weight excluding hydrogens is 348 g/mol. The molecule has 1 aliphatic heterocycles. The predicted octanol–water partition coefficient (Wildman–Crippen LogP) is 0.532. The first-order chi connectivity index (χ1) is 11.9. The minimum absolute atomic E-state index is 0.00797. The van der Waals surface area contributed by atoms with Crippen molar-refractivity contribution in [2.45, 2.75) is 18.9 Å². The smallest absolute Gasteiger partial charge is 0.251 e. The minimum atomic E-state index is -3.46. The Hall–Kier alpha value is -1.84. The van der Waals surface area contributed by atoms with Crippen LogP contribution in [0.3, 0.4) is 0 Å². The maximum absolute atomic E-state index is 12.1. The van der Waals surface area contributed by atoms with Crippen LogP contribution in [0.5, 0.6) is 11.5 Å². The first kappa shape index (κ1) is 19.5. The van der Waals surface area contributed by atoms with Gasteiger partial charge in [-0.15, -0.1) is 0 Å². The molecule has 0 aromatic heterocycles. The molecule has 9 heteroatoms. The Bertz CT molecular complexity index is 686. The maximum atomic E-state index is 12.1. The Morgan fingerprint density at radius 1 is 1.28 bits per heavy atom. The van der Waals surface area contributed by atoms with Crippen LogP contribution in [0.4, 0.5) is 0 Å². The molecule has 140 valence electrons. The lowest BCUT2D eigenvalue weighted by Crippen LogP contribution is -2.37. The third kappa shape index (κ3) is 5.87. The van der Waals surface area contributed by atoms with E-state index < -0.39 is 10.0 Å². The van der Waals surface area contributed by atoms with Crippen LogP contribution < -0.4 is 19.5 Å². The van der Waals surface area contributed by atoms with Gasteiger partial charge in [-0.25, -0.2) is 13.1 Å². The van der Waals surface area contributed by atoms with Crippen LogP contribution in [-0.4, -0.2) is 60.1 Å². The SMILES string of the molecule is COc1ccc(C(=O)NCCS(=O)(=O)NC[C@@H]2CCCO2)cc1OC. The molecule has 1 fully saturated rings. The number of methoxy groups -OCH3 is 2. The van der Waals surface area contributed by atoms with Crippen LogP contribution in [0.25, 0.3) is 0 Å². The summed E-state index contributed by atoms with van der Waals surface area (Å²) >= 11 is 0. The molecule has 2 N–H and O–H groups in total. The Morgan fingerprint density at radius 2 is 2.04 bits per heavy atom. The number of carbonyl (C=O) groups is 1. The summed E-state index contributed by atoms with van der Waals surface area (Å²) in [5.41, 5.74) is 0.363. The van der Waals surface area contributed by atoms with E-state index in [-0.39, 0.29) is 30.9 Å². The third-order valence-corrected chi connectivity index (χ3v) is 5.21. The molecule has 0 radical (unpaired) electrons. The van der Waals surface area contributed by atoms with Crippen molar-refractivity contribution in [1.29, 1.82) is 0 Å².